The number of aromatic nitrogens is 1. The molecule has 0 aliphatic carbocycles. The normalized spacial score (nSPS) is 10.7. The van der Waals surface area contributed by atoms with Crippen LogP contribution in [0.4, 0.5) is 0 Å². The largest absolute Gasteiger partial charge is 0.463 e. The number of fused-ring (bicyclic) bond motifs is 1. The first kappa shape index (κ1) is 22.0. The number of hydrogen-bond acceptors (Lipinski definition) is 6. The molecule has 1 aromatic carbocycles. The quantitative estimate of drug-likeness (QED) is 0.517. The van der Waals surface area contributed by atoms with E-state index in [0.29, 0.717) is 35.4 Å². The van der Waals surface area contributed by atoms with Gasteiger partial charge in [0, 0.05) is 25.5 Å². The number of rotatable bonds is 8. The molecule has 0 fully saturated rings. The van der Waals surface area contributed by atoms with Gasteiger partial charge in [-0.1, -0.05) is 18.2 Å². The second-order valence-corrected chi connectivity index (χ2v) is 6.94. The second kappa shape index (κ2) is 9.88. The Bertz CT molecular complexity index is 1070. The molecular weight excluding hydrogens is 398 g/mol. The van der Waals surface area contributed by atoms with Crippen LogP contribution in [0.5, 0.6) is 0 Å². The van der Waals surface area contributed by atoms with Crippen molar-refractivity contribution in [3.8, 4) is 11.5 Å². The van der Waals surface area contributed by atoms with Crippen LogP contribution in [-0.2, 0) is 14.3 Å². The highest BCUT2D eigenvalue weighted by molar-refractivity contribution is 6.05. The molecule has 0 unspecified atom stereocenters. The molecule has 0 bridgehead atoms. The van der Waals surface area contributed by atoms with Crippen molar-refractivity contribution in [2.24, 2.45) is 0 Å². The standard InChI is InChI=1S/C23H25N3O5/c1-4-26(5-2)21(27)14-25(3)22(28)15-31-23(29)17-13-19(20-11-8-12-30-20)24-18-10-7-6-9-16(17)18/h6-13H,4-5,14-15H2,1-3H3. The lowest BCUT2D eigenvalue weighted by Crippen LogP contribution is -2.42. The number of likely N-dealkylation sites (N-methyl/N-ethyl adjacent to an activating group) is 2. The van der Waals surface area contributed by atoms with Gasteiger partial charge in [-0.2, -0.15) is 0 Å². The number of nitrogens with zero attached hydrogens (tertiary/aromatic N) is 3. The van der Waals surface area contributed by atoms with Crippen LogP contribution in [0.2, 0.25) is 0 Å². The minimum atomic E-state index is -0.650. The van der Waals surface area contributed by atoms with Gasteiger partial charge in [0.25, 0.3) is 5.91 Å². The zero-order valence-electron chi connectivity index (χ0n) is 17.8. The van der Waals surface area contributed by atoms with Crippen LogP contribution in [0.1, 0.15) is 24.2 Å². The summed E-state index contributed by atoms with van der Waals surface area (Å²) in [5.41, 5.74) is 1.38. The summed E-state index contributed by atoms with van der Waals surface area (Å²) < 4.78 is 10.7. The van der Waals surface area contributed by atoms with Crippen molar-refractivity contribution < 1.29 is 23.5 Å². The Morgan fingerprint density at radius 2 is 1.77 bits per heavy atom. The van der Waals surface area contributed by atoms with Gasteiger partial charge in [-0.3, -0.25) is 9.59 Å². The number of benzene rings is 1. The van der Waals surface area contributed by atoms with E-state index in [4.69, 9.17) is 9.15 Å². The third-order valence-electron chi connectivity index (χ3n) is 4.95. The lowest BCUT2D eigenvalue weighted by molar-refractivity contribution is -0.140. The minimum absolute atomic E-state index is 0.0705. The van der Waals surface area contributed by atoms with Crippen molar-refractivity contribution >= 4 is 28.7 Å². The van der Waals surface area contributed by atoms with E-state index in [-0.39, 0.29) is 18.0 Å². The average Bonchev–Trinajstić information content (AvgIpc) is 3.32. The molecule has 162 valence electrons. The van der Waals surface area contributed by atoms with Gasteiger partial charge in [-0.25, -0.2) is 9.78 Å². The lowest BCUT2D eigenvalue weighted by atomic mass is 10.1. The molecule has 2 heterocycles. The molecule has 0 N–H and O–H groups in total. The van der Waals surface area contributed by atoms with Gasteiger partial charge in [0.15, 0.2) is 12.4 Å². The first-order valence-electron chi connectivity index (χ1n) is 10.1. The number of para-hydroxylation sites is 1. The predicted molar refractivity (Wildman–Crippen MR) is 115 cm³/mol. The summed E-state index contributed by atoms with van der Waals surface area (Å²) in [7, 11) is 1.51. The van der Waals surface area contributed by atoms with Crippen molar-refractivity contribution in [3.63, 3.8) is 0 Å². The Morgan fingerprint density at radius 3 is 2.45 bits per heavy atom. The fourth-order valence-electron chi connectivity index (χ4n) is 3.18. The van der Waals surface area contributed by atoms with Crippen LogP contribution in [0.25, 0.3) is 22.4 Å². The Labute approximate surface area is 180 Å². The zero-order valence-corrected chi connectivity index (χ0v) is 17.8. The van der Waals surface area contributed by atoms with E-state index < -0.39 is 18.5 Å². The molecule has 8 nitrogen and oxygen atoms in total. The zero-order chi connectivity index (χ0) is 22.4. The molecule has 2 aromatic heterocycles. The van der Waals surface area contributed by atoms with Crippen molar-refractivity contribution in [1.82, 2.24) is 14.8 Å². The monoisotopic (exact) mass is 423 g/mol. The first-order valence-corrected chi connectivity index (χ1v) is 10.1. The van der Waals surface area contributed by atoms with Crippen molar-refractivity contribution in [3.05, 3.63) is 54.3 Å². The van der Waals surface area contributed by atoms with E-state index in [0.717, 1.165) is 0 Å². The van der Waals surface area contributed by atoms with Crippen molar-refractivity contribution in [2.75, 3.05) is 33.3 Å². The third kappa shape index (κ3) is 5.09. The Balaban J connectivity index is 1.73. The van der Waals surface area contributed by atoms with E-state index in [9.17, 15) is 14.4 Å². The smallest absolute Gasteiger partial charge is 0.339 e. The predicted octanol–water partition coefficient (Wildman–Crippen LogP) is 2.98. The maximum absolute atomic E-state index is 12.8. The molecule has 3 rings (SSSR count). The van der Waals surface area contributed by atoms with Gasteiger partial charge in [-0.15, -0.1) is 0 Å². The maximum atomic E-state index is 12.8. The van der Waals surface area contributed by atoms with Crippen molar-refractivity contribution in [2.45, 2.75) is 13.8 Å². The number of esters is 1. The fourth-order valence-corrected chi connectivity index (χ4v) is 3.18. The van der Waals surface area contributed by atoms with Crippen LogP contribution in [0.3, 0.4) is 0 Å². The van der Waals surface area contributed by atoms with E-state index in [1.54, 1.807) is 41.3 Å². The van der Waals surface area contributed by atoms with Crippen LogP contribution in [-0.4, -0.2) is 65.9 Å². The lowest BCUT2D eigenvalue weighted by Gasteiger charge is -2.23. The number of pyridine rings is 1. The molecule has 0 saturated heterocycles. The summed E-state index contributed by atoms with van der Waals surface area (Å²) in [4.78, 5) is 44.8. The maximum Gasteiger partial charge on any atom is 0.339 e. The number of hydrogen-bond donors (Lipinski definition) is 0. The van der Waals surface area contributed by atoms with Crippen LogP contribution >= 0.6 is 0 Å². The summed E-state index contributed by atoms with van der Waals surface area (Å²) in [5, 5.41) is 0.611. The highest BCUT2D eigenvalue weighted by atomic mass is 16.5. The molecule has 0 saturated carbocycles. The molecule has 0 atom stereocenters. The van der Waals surface area contributed by atoms with E-state index in [1.807, 2.05) is 19.9 Å². The van der Waals surface area contributed by atoms with Crippen LogP contribution < -0.4 is 0 Å². The van der Waals surface area contributed by atoms with Gasteiger partial charge in [0.05, 0.1) is 23.9 Å². The topological polar surface area (TPSA) is 93.0 Å². The Kier molecular flexibility index (Phi) is 7.02. The molecular formula is C23H25N3O5. The van der Waals surface area contributed by atoms with Gasteiger partial charge in [-0.05, 0) is 38.1 Å². The first-order chi connectivity index (χ1) is 14.9. The van der Waals surface area contributed by atoms with Gasteiger partial charge < -0.3 is 19.0 Å². The summed E-state index contributed by atoms with van der Waals surface area (Å²) >= 11 is 0. The van der Waals surface area contributed by atoms with E-state index in [1.165, 1.54) is 18.2 Å². The molecule has 3 aromatic rings. The highest BCUT2D eigenvalue weighted by Gasteiger charge is 2.20. The Morgan fingerprint density at radius 1 is 1.03 bits per heavy atom. The van der Waals surface area contributed by atoms with Gasteiger partial charge >= 0.3 is 5.97 Å². The van der Waals surface area contributed by atoms with E-state index >= 15 is 0 Å². The average molecular weight is 423 g/mol. The molecule has 0 aliphatic rings. The van der Waals surface area contributed by atoms with E-state index in [2.05, 4.69) is 4.98 Å². The summed E-state index contributed by atoms with van der Waals surface area (Å²) in [6.45, 7) is 4.35. The van der Waals surface area contributed by atoms with Crippen molar-refractivity contribution in [1.29, 1.82) is 0 Å². The highest BCUT2D eigenvalue weighted by Crippen LogP contribution is 2.25. The molecule has 8 heteroatoms. The number of carbonyl (C=O) groups is 3. The minimum Gasteiger partial charge on any atom is -0.463 e. The van der Waals surface area contributed by atoms with Gasteiger partial charge in [0.2, 0.25) is 5.91 Å². The fraction of sp³-hybridized carbons (Fsp3) is 0.304. The number of ether oxygens (including phenoxy) is 1. The molecule has 31 heavy (non-hydrogen) atoms. The molecule has 0 spiro atoms. The van der Waals surface area contributed by atoms with Crippen LogP contribution in [0, 0.1) is 0 Å². The number of furan rings is 1. The second-order valence-electron chi connectivity index (χ2n) is 6.94. The van der Waals surface area contributed by atoms with Gasteiger partial charge in [0.1, 0.15) is 5.69 Å². The van der Waals surface area contributed by atoms with Crippen LogP contribution in [0.15, 0.2) is 53.1 Å². The summed E-state index contributed by atoms with van der Waals surface area (Å²) in [6.07, 6.45) is 1.53. The SMILES string of the molecule is CCN(CC)C(=O)CN(C)C(=O)COC(=O)c1cc(-c2ccco2)nc2ccccc12. The third-order valence-corrected chi connectivity index (χ3v) is 4.95. The number of amides is 2. The number of carbonyl (C=O) groups excluding carboxylic acids is 3. The molecule has 0 radical (unpaired) electrons. The molecule has 2 amide bonds. The molecule has 0 aliphatic heterocycles. The Hall–Kier alpha value is -3.68. The summed E-state index contributed by atoms with van der Waals surface area (Å²) in [5.74, 6) is -0.748. The summed E-state index contributed by atoms with van der Waals surface area (Å²) in [6, 6.07) is 12.2.